The Hall–Kier alpha value is -0.120. The monoisotopic (exact) mass is 197 g/mol. The number of likely N-dealkylation sites (N-methyl/N-ethyl adjacent to an activating group) is 1. The van der Waals surface area contributed by atoms with Gasteiger partial charge >= 0.3 is 0 Å². The van der Waals surface area contributed by atoms with Gasteiger partial charge in [0.2, 0.25) is 0 Å². The smallest absolute Gasteiger partial charge is 0.0220 e. The summed E-state index contributed by atoms with van der Waals surface area (Å²) in [6.45, 7) is 4.85. The fraction of sp³-hybridized carbons (Fsp3) is 1.00. The van der Waals surface area contributed by atoms with Gasteiger partial charge in [0.1, 0.15) is 0 Å². The lowest BCUT2D eigenvalue weighted by Crippen LogP contribution is -2.44. The third kappa shape index (κ3) is 2.47. The van der Waals surface area contributed by atoms with Gasteiger partial charge in [-0.25, -0.2) is 0 Å². The molecule has 2 unspecified atom stereocenters. The lowest BCUT2D eigenvalue weighted by Gasteiger charge is -2.35. The summed E-state index contributed by atoms with van der Waals surface area (Å²) in [7, 11) is 2.26. The van der Waals surface area contributed by atoms with Gasteiger partial charge in [-0.2, -0.15) is 0 Å². The highest BCUT2D eigenvalue weighted by molar-refractivity contribution is 4.83. The molecule has 2 N–H and O–H groups in total. The van der Waals surface area contributed by atoms with Crippen LogP contribution in [0.3, 0.4) is 0 Å². The molecule has 2 saturated heterocycles. The van der Waals surface area contributed by atoms with Gasteiger partial charge in [0.15, 0.2) is 0 Å². The van der Waals surface area contributed by atoms with Gasteiger partial charge in [0.25, 0.3) is 0 Å². The van der Waals surface area contributed by atoms with Crippen LogP contribution >= 0.6 is 0 Å². The molecule has 2 rings (SSSR count). The minimum Gasteiger partial charge on any atom is -0.326 e. The molecule has 0 spiro atoms. The summed E-state index contributed by atoms with van der Waals surface area (Å²) in [5, 5.41) is 0. The minimum atomic E-state index is 0.434. The van der Waals surface area contributed by atoms with Crippen LogP contribution in [-0.2, 0) is 0 Å². The Bertz CT molecular complexity index is 183. The molecule has 14 heavy (non-hydrogen) atoms. The first-order chi connectivity index (χ1) is 6.75. The lowest BCUT2D eigenvalue weighted by atomic mass is 10.0. The van der Waals surface area contributed by atoms with Gasteiger partial charge in [-0.15, -0.1) is 0 Å². The maximum Gasteiger partial charge on any atom is 0.0220 e. The molecule has 0 bridgehead atoms. The minimum absolute atomic E-state index is 0.434. The molecule has 0 aliphatic carbocycles. The number of piperidine rings is 1. The van der Waals surface area contributed by atoms with Crippen molar-refractivity contribution in [2.45, 2.75) is 37.8 Å². The second-order valence-corrected chi connectivity index (χ2v) is 4.94. The number of nitrogens with zero attached hydrogens (tertiary/aromatic N) is 2. The number of rotatable bonds is 2. The molecule has 2 aliphatic heterocycles. The van der Waals surface area contributed by atoms with Gasteiger partial charge in [-0.3, -0.25) is 0 Å². The average Bonchev–Trinajstić information content (AvgIpc) is 2.56. The number of hydrogen-bond acceptors (Lipinski definition) is 3. The van der Waals surface area contributed by atoms with E-state index in [1.807, 2.05) is 0 Å². The first kappa shape index (κ1) is 10.4. The molecule has 2 aliphatic rings. The molecule has 0 aromatic carbocycles. The molecule has 0 saturated carbocycles. The maximum absolute atomic E-state index is 5.91. The van der Waals surface area contributed by atoms with E-state index < -0.39 is 0 Å². The predicted molar refractivity (Wildman–Crippen MR) is 59.3 cm³/mol. The molecule has 3 heteroatoms. The second-order valence-electron chi connectivity index (χ2n) is 4.94. The van der Waals surface area contributed by atoms with E-state index in [0.29, 0.717) is 6.04 Å². The molecule has 2 heterocycles. The van der Waals surface area contributed by atoms with Crippen LogP contribution < -0.4 is 5.73 Å². The SMILES string of the molecule is CN1CCCCC1CN1CCC(N)C1. The normalized spacial score (nSPS) is 36.4. The molecule has 0 aromatic rings. The Kier molecular flexibility index (Phi) is 3.42. The number of nitrogens with two attached hydrogens (primary N) is 1. The van der Waals surface area contributed by atoms with Crippen molar-refractivity contribution >= 4 is 0 Å². The van der Waals surface area contributed by atoms with Crippen LogP contribution in [0.5, 0.6) is 0 Å². The van der Waals surface area contributed by atoms with E-state index in [1.54, 1.807) is 0 Å². The summed E-state index contributed by atoms with van der Waals surface area (Å²) in [5.74, 6) is 0. The fourth-order valence-electron chi connectivity index (χ4n) is 2.70. The summed E-state index contributed by atoms with van der Waals surface area (Å²) < 4.78 is 0. The van der Waals surface area contributed by atoms with Crippen molar-refractivity contribution in [2.24, 2.45) is 5.73 Å². The summed E-state index contributed by atoms with van der Waals surface area (Å²) in [6, 6.07) is 1.22. The highest BCUT2D eigenvalue weighted by atomic mass is 15.2. The molecule has 3 nitrogen and oxygen atoms in total. The van der Waals surface area contributed by atoms with E-state index in [-0.39, 0.29) is 0 Å². The highest BCUT2D eigenvalue weighted by Crippen LogP contribution is 2.17. The fourth-order valence-corrected chi connectivity index (χ4v) is 2.70. The Morgan fingerprint density at radius 1 is 1.21 bits per heavy atom. The zero-order chi connectivity index (χ0) is 9.97. The van der Waals surface area contributed by atoms with Crippen molar-refractivity contribution in [3.05, 3.63) is 0 Å². The largest absolute Gasteiger partial charge is 0.326 e. The van der Waals surface area contributed by atoms with E-state index in [4.69, 9.17) is 5.73 Å². The van der Waals surface area contributed by atoms with Crippen LogP contribution in [0.15, 0.2) is 0 Å². The summed E-state index contributed by atoms with van der Waals surface area (Å²) in [6.07, 6.45) is 5.36. The topological polar surface area (TPSA) is 32.5 Å². The first-order valence-corrected chi connectivity index (χ1v) is 5.94. The second kappa shape index (κ2) is 4.60. The van der Waals surface area contributed by atoms with Gasteiger partial charge in [-0.1, -0.05) is 6.42 Å². The van der Waals surface area contributed by atoms with E-state index in [9.17, 15) is 0 Å². The predicted octanol–water partition coefficient (Wildman–Crippen LogP) is 0.504. The third-order valence-electron chi connectivity index (χ3n) is 3.70. The molecular formula is C11H23N3. The Labute approximate surface area is 87.2 Å². The maximum atomic E-state index is 5.91. The van der Waals surface area contributed by atoms with Crippen molar-refractivity contribution in [1.29, 1.82) is 0 Å². The van der Waals surface area contributed by atoms with Crippen molar-refractivity contribution < 1.29 is 0 Å². The van der Waals surface area contributed by atoms with Crippen molar-refractivity contribution in [3.63, 3.8) is 0 Å². The summed E-state index contributed by atoms with van der Waals surface area (Å²) >= 11 is 0. The number of likely N-dealkylation sites (tertiary alicyclic amines) is 2. The Morgan fingerprint density at radius 2 is 2.07 bits per heavy atom. The average molecular weight is 197 g/mol. The van der Waals surface area contributed by atoms with Gasteiger partial charge in [0, 0.05) is 25.2 Å². The van der Waals surface area contributed by atoms with Crippen LogP contribution in [0, 0.1) is 0 Å². The van der Waals surface area contributed by atoms with Crippen molar-refractivity contribution in [3.8, 4) is 0 Å². The van der Waals surface area contributed by atoms with E-state index in [1.165, 1.54) is 45.3 Å². The number of hydrogen-bond donors (Lipinski definition) is 1. The van der Waals surface area contributed by atoms with Gasteiger partial charge in [-0.05, 0) is 39.4 Å². The third-order valence-corrected chi connectivity index (χ3v) is 3.70. The standard InChI is InChI=1S/C11H23N3/c1-13-6-3-2-4-11(13)9-14-7-5-10(12)8-14/h10-11H,2-9,12H2,1H3. The zero-order valence-corrected chi connectivity index (χ0v) is 9.28. The molecule has 2 fully saturated rings. The zero-order valence-electron chi connectivity index (χ0n) is 9.28. The van der Waals surface area contributed by atoms with Gasteiger partial charge < -0.3 is 15.5 Å². The first-order valence-electron chi connectivity index (χ1n) is 5.94. The van der Waals surface area contributed by atoms with Crippen LogP contribution in [0.2, 0.25) is 0 Å². The quantitative estimate of drug-likeness (QED) is 0.700. The van der Waals surface area contributed by atoms with E-state index >= 15 is 0 Å². The Balaban J connectivity index is 1.78. The van der Waals surface area contributed by atoms with Crippen molar-refractivity contribution in [1.82, 2.24) is 9.80 Å². The molecular weight excluding hydrogens is 174 g/mol. The summed E-state index contributed by atoms with van der Waals surface area (Å²) in [5.41, 5.74) is 5.91. The van der Waals surface area contributed by atoms with E-state index in [0.717, 1.165) is 12.6 Å². The molecule has 0 radical (unpaired) electrons. The molecule has 0 aromatic heterocycles. The van der Waals surface area contributed by atoms with Crippen LogP contribution in [0.4, 0.5) is 0 Å². The van der Waals surface area contributed by atoms with Crippen LogP contribution in [0.25, 0.3) is 0 Å². The Morgan fingerprint density at radius 3 is 2.71 bits per heavy atom. The molecule has 2 atom stereocenters. The summed E-state index contributed by atoms with van der Waals surface area (Å²) in [4.78, 5) is 5.06. The van der Waals surface area contributed by atoms with Crippen molar-refractivity contribution in [2.75, 3.05) is 33.2 Å². The van der Waals surface area contributed by atoms with Crippen LogP contribution in [-0.4, -0.2) is 55.1 Å². The van der Waals surface area contributed by atoms with Crippen LogP contribution in [0.1, 0.15) is 25.7 Å². The van der Waals surface area contributed by atoms with Gasteiger partial charge in [0.05, 0.1) is 0 Å². The van der Waals surface area contributed by atoms with E-state index in [2.05, 4.69) is 16.8 Å². The highest BCUT2D eigenvalue weighted by Gasteiger charge is 2.25. The molecule has 82 valence electrons. The lowest BCUT2D eigenvalue weighted by molar-refractivity contribution is 0.140. The molecule has 0 amide bonds.